The number of carbonyl (C=O) groups is 1. The Morgan fingerprint density at radius 1 is 1.50 bits per heavy atom. The minimum Gasteiger partial charge on any atom is -0.461 e. The Labute approximate surface area is 107 Å². The van der Waals surface area contributed by atoms with Gasteiger partial charge in [-0.05, 0) is 33.1 Å². The van der Waals surface area contributed by atoms with Crippen molar-refractivity contribution in [1.82, 2.24) is 9.97 Å². The fourth-order valence-corrected chi connectivity index (χ4v) is 2.08. The number of nitrogens with zero attached hydrogens (tertiary/aromatic N) is 2. The van der Waals surface area contributed by atoms with E-state index in [9.17, 15) is 4.79 Å². The van der Waals surface area contributed by atoms with Gasteiger partial charge >= 0.3 is 5.97 Å². The number of esters is 1. The molecule has 1 aliphatic carbocycles. The normalized spacial score (nSPS) is 17.1. The summed E-state index contributed by atoms with van der Waals surface area (Å²) in [4.78, 5) is 20.4. The van der Waals surface area contributed by atoms with Crippen LogP contribution in [0.1, 0.15) is 48.1 Å². The molecule has 1 heterocycles. The lowest BCUT2D eigenvalue weighted by molar-refractivity contribution is -0.0848. The predicted molar refractivity (Wildman–Crippen MR) is 65.3 cm³/mol. The molecule has 0 amide bonds. The van der Waals surface area contributed by atoms with Gasteiger partial charge in [-0.3, -0.25) is 0 Å². The highest BCUT2D eigenvalue weighted by atomic mass is 16.5. The SMILES string of the molecule is CCOC(=O)c1nc(C2(OC)CCC2)ncc1C. The van der Waals surface area contributed by atoms with E-state index in [0.717, 1.165) is 24.8 Å². The third-order valence-electron chi connectivity index (χ3n) is 3.40. The number of ether oxygens (including phenoxy) is 2. The number of methoxy groups -OCH3 is 1. The summed E-state index contributed by atoms with van der Waals surface area (Å²) >= 11 is 0. The maximum absolute atomic E-state index is 11.8. The molecule has 1 aliphatic rings. The van der Waals surface area contributed by atoms with Crippen molar-refractivity contribution in [3.63, 3.8) is 0 Å². The second kappa shape index (κ2) is 5.02. The number of aryl methyl sites for hydroxylation is 1. The van der Waals surface area contributed by atoms with E-state index in [1.165, 1.54) is 0 Å². The number of carbonyl (C=O) groups excluding carboxylic acids is 1. The Balaban J connectivity index is 2.34. The molecule has 0 atom stereocenters. The average Bonchev–Trinajstić information content (AvgIpc) is 2.30. The molecule has 1 fully saturated rings. The van der Waals surface area contributed by atoms with Crippen molar-refractivity contribution in [3.05, 3.63) is 23.3 Å². The molecule has 1 aromatic rings. The Morgan fingerprint density at radius 3 is 2.72 bits per heavy atom. The molecular formula is C13H18N2O3. The molecule has 0 radical (unpaired) electrons. The summed E-state index contributed by atoms with van der Waals surface area (Å²) in [5, 5.41) is 0. The van der Waals surface area contributed by atoms with Gasteiger partial charge in [-0.15, -0.1) is 0 Å². The van der Waals surface area contributed by atoms with Gasteiger partial charge < -0.3 is 9.47 Å². The molecule has 0 aromatic carbocycles. The summed E-state index contributed by atoms with van der Waals surface area (Å²) in [7, 11) is 1.66. The first kappa shape index (κ1) is 13.0. The van der Waals surface area contributed by atoms with Crippen molar-refractivity contribution in [1.29, 1.82) is 0 Å². The highest BCUT2D eigenvalue weighted by Gasteiger charge is 2.42. The zero-order chi connectivity index (χ0) is 13.2. The summed E-state index contributed by atoms with van der Waals surface area (Å²) in [5.41, 5.74) is 0.655. The van der Waals surface area contributed by atoms with Crippen LogP contribution < -0.4 is 0 Å². The lowest BCUT2D eigenvalue weighted by atomic mass is 9.79. The topological polar surface area (TPSA) is 61.3 Å². The van der Waals surface area contributed by atoms with Gasteiger partial charge in [0.15, 0.2) is 11.5 Å². The van der Waals surface area contributed by atoms with E-state index in [1.807, 2.05) is 0 Å². The van der Waals surface area contributed by atoms with Gasteiger partial charge in [0.1, 0.15) is 5.60 Å². The van der Waals surface area contributed by atoms with Crippen molar-refractivity contribution < 1.29 is 14.3 Å². The summed E-state index contributed by atoms with van der Waals surface area (Å²) in [6, 6.07) is 0. The van der Waals surface area contributed by atoms with Crippen LogP contribution in [0.2, 0.25) is 0 Å². The Bertz CT molecular complexity index is 450. The highest BCUT2D eigenvalue weighted by Crippen LogP contribution is 2.42. The molecule has 5 nitrogen and oxygen atoms in total. The lowest BCUT2D eigenvalue weighted by Crippen LogP contribution is -2.38. The van der Waals surface area contributed by atoms with Crippen molar-refractivity contribution in [2.75, 3.05) is 13.7 Å². The van der Waals surface area contributed by atoms with Crippen LogP contribution in [-0.4, -0.2) is 29.7 Å². The summed E-state index contributed by atoms with van der Waals surface area (Å²) < 4.78 is 10.5. The van der Waals surface area contributed by atoms with E-state index < -0.39 is 11.6 Å². The molecule has 0 saturated heterocycles. The fraction of sp³-hybridized carbons (Fsp3) is 0.615. The van der Waals surface area contributed by atoms with Gasteiger partial charge in [-0.1, -0.05) is 0 Å². The Hall–Kier alpha value is -1.49. The van der Waals surface area contributed by atoms with E-state index >= 15 is 0 Å². The van der Waals surface area contributed by atoms with Crippen molar-refractivity contribution >= 4 is 5.97 Å². The summed E-state index contributed by atoms with van der Waals surface area (Å²) in [5.74, 6) is 0.189. The maximum Gasteiger partial charge on any atom is 0.357 e. The molecule has 18 heavy (non-hydrogen) atoms. The van der Waals surface area contributed by atoms with Crippen LogP contribution in [0.25, 0.3) is 0 Å². The fourth-order valence-electron chi connectivity index (χ4n) is 2.08. The van der Waals surface area contributed by atoms with Gasteiger partial charge in [0, 0.05) is 18.9 Å². The minimum atomic E-state index is -0.408. The van der Waals surface area contributed by atoms with Gasteiger partial charge in [0.25, 0.3) is 0 Å². The largest absolute Gasteiger partial charge is 0.461 e. The van der Waals surface area contributed by atoms with Gasteiger partial charge in [-0.2, -0.15) is 0 Å². The highest BCUT2D eigenvalue weighted by molar-refractivity contribution is 5.88. The third-order valence-corrected chi connectivity index (χ3v) is 3.40. The second-order valence-electron chi connectivity index (χ2n) is 4.50. The quantitative estimate of drug-likeness (QED) is 0.765. The lowest BCUT2D eigenvalue weighted by Gasteiger charge is -2.38. The van der Waals surface area contributed by atoms with Crippen LogP contribution in [0.15, 0.2) is 6.20 Å². The van der Waals surface area contributed by atoms with Crippen LogP contribution in [0.3, 0.4) is 0 Å². The molecule has 98 valence electrons. The zero-order valence-electron chi connectivity index (χ0n) is 11.0. The molecule has 5 heteroatoms. The van der Waals surface area contributed by atoms with E-state index in [1.54, 1.807) is 27.2 Å². The molecule has 0 aliphatic heterocycles. The monoisotopic (exact) mass is 250 g/mol. The van der Waals surface area contributed by atoms with Crippen molar-refractivity contribution in [3.8, 4) is 0 Å². The average molecular weight is 250 g/mol. The Morgan fingerprint density at radius 2 is 2.22 bits per heavy atom. The number of aromatic nitrogens is 2. The van der Waals surface area contributed by atoms with E-state index in [2.05, 4.69) is 9.97 Å². The molecule has 2 rings (SSSR count). The number of hydrogen-bond acceptors (Lipinski definition) is 5. The molecular weight excluding hydrogens is 232 g/mol. The van der Waals surface area contributed by atoms with Crippen LogP contribution in [0, 0.1) is 6.92 Å². The first-order chi connectivity index (χ1) is 8.63. The van der Waals surface area contributed by atoms with E-state index in [4.69, 9.17) is 9.47 Å². The summed E-state index contributed by atoms with van der Waals surface area (Å²) in [6.07, 6.45) is 4.55. The molecule has 0 bridgehead atoms. The molecule has 0 spiro atoms. The van der Waals surface area contributed by atoms with Gasteiger partial charge in [-0.25, -0.2) is 14.8 Å². The zero-order valence-corrected chi connectivity index (χ0v) is 11.0. The van der Waals surface area contributed by atoms with Gasteiger partial charge in [0.2, 0.25) is 0 Å². The number of rotatable bonds is 4. The summed E-state index contributed by atoms with van der Waals surface area (Å²) in [6.45, 7) is 3.92. The first-order valence-corrected chi connectivity index (χ1v) is 6.19. The van der Waals surface area contributed by atoms with E-state index in [-0.39, 0.29) is 0 Å². The van der Waals surface area contributed by atoms with Crippen LogP contribution >= 0.6 is 0 Å². The van der Waals surface area contributed by atoms with Crippen LogP contribution in [0.5, 0.6) is 0 Å². The van der Waals surface area contributed by atoms with Crippen molar-refractivity contribution in [2.45, 2.75) is 38.7 Å². The smallest absolute Gasteiger partial charge is 0.357 e. The van der Waals surface area contributed by atoms with Gasteiger partial charge in [0.05, 0.1) is 6.61 Å². The molecule has 1 saturated carbocycles. The standard InChI is InChI=1S/C13H18N2O3/c1-4-18-11(16)10-9(2)8-14-12(15-10)13(17-3)6-5-7-13/h8H,4-7H2,1-3H3. The molecule has 0 N–H and O–H groups in total. The predicted octanol–water partition coefficient (Wildman–Crippen LogP) is 1.99. The first-order valence-electron chi connectivity index (χ1n) is 6.19. The van der Waals surface area contributed by atoms with Crippen molar-refractivity contribution in [2.24, 2.45) is 0 Å². The minimum absolute atomic E-state index is 0.338. The van der Waals surface area contributed by atoms with Crippen LogP contribution in [0.4, 0.5) is 0 Å². The molecule has 1 aromatic heterocycles. The number of hydrogen-bond donors (Lipinski definition) is 0. The second-order valence-corrected chi connectivity index (χ2v) is 4.50. The molecule has 0 unspecified atom stereocenters. The van der Waals surface area contributed by atoms with Crippen LogP contribution in [-0.2, 0) is 15.1 Å². The Kier molecular flexibility index (Phi) is 3.61. The maximum atomic E-state index is 11.8. The third kappa shape index (κ3) is 2.10. The van der Waals surface area contributed by atoms with E-state index in [0.29, 0.717) is 18.1 Å².